The van der Waals surface area contributed by atoms with E-state index in [9.17, 15) is 19.2 Å². The molecule has 1 aliphatic carbocycles. The van der Waals surface area contributed by atoms with Crippen LogP contribution in [0.15, 0.2) is 18.2 Å². The van der Waals surface area contributed by atoms with Crippen molar-refractivity contribution in [2.24, 2.45) is 5.73 Å². The molecule has 0 aromatic heterocycles. The molecule has 1 saturated heterocycles. The fourth-order valence-corrected chi connectivity index (χ4v) is 3.45. The molecule has 2 aliphatic heterocycles. The van der Waals surface area contributed by atoms with Crippen molar-refractivity contribution in [3.63, 3.8) is 0 Å². The van der Waals surface area contributed by atoms with Crippen molar-refractivity contribution >= 4 is 29.3 Å². The van der Waals surface area contributed by atoms with Gasteiger partial charge in [0.15, 0.2) is 0 Å². The molecule has 2 heterocycles. The van der Waals surface area contributed by atoms with Gasteiger partial charge in [0.2, 0.25) is 11.8 Å². The Labute approximate surface area is 143 Å². The van der Waals surface area contributed by atoms with Crippen LogP contribution < -0.4 is 16.4 Å². The summed E-state index contributed by atoms with van der Waals surface area (Å²) in [5, 5.41) is 5.43. The van der Waals surface area contributed by atoms with E-state index in [1.807, 2.05) is 0 Å². The van der Waals surface area contributed by atoms with E-state index in [1.165, 1.54) is 0 Å². The second-order valence-corrected chi connectivity index (χ2v) is 6.69. The number of benzene rings is 1. The van der Waals surface area contributed by atoms with Gasteiger partial charge < -0.3 is 11.1 Å². The number of hydrogen-bond acceptors (Lipinski definition) is 6. The zero-order chi connectivity index (χ0) is 17.7. The normalized spacial score (nSPS) is 26.4. The van der Waals surface area contributed by atoms with Crippen LogP contribution in [0.4, 0.5) is 5.69 Å². The summed E-state index contributed by atoms with van der Waals surface area (Å²) in [4.78, 5) is 50.2. The van der Waals surface area contributed by atoms with Gasteiger partial charge in [0.05, 0.1) is 17.2 Å². The summed E-state index contributed by atoms with van der Waals surface area (Å²) in [6.45, 7) is 0. The first-order chi connectivity index (χ1) is 12.0. The van der Waals surface area contributed by atoms with E-state index in [1.54, 1.807) is 18.2 Å². The number of anilines is 1. The Balaban J connectivity index is 1.67. The summed E-state index contributed by atoms with van der Waals surface area (Å²) in [6, 6.07) is 3.35. The zero-order valence-corrected chi connectivity index (χ0v) is 13.5. The fourth-order valence-electron chi connectivity index (χ4n) is 3.45. The van der Waals surface area contributed by atoms with Crippen molar-refractivity contribution < 1.29 is 19.2 Å². The number of carbonyl (C=O) groups excluding carboxylic acids is 4. The van der Waals surface area contributed by atoms with E-state index < -0.39 is 35.7 Å². The van der Waals surface area contributed by atoms with Crippen molar-refractivity contribution in [1.29, 1.82) is 0 Å². The van der Waals surface area contributed by atoms with Crippen LogP contribution in [0.2, 0.25) is 0 Å². The van der Waals surface area contributed by atoms with Crippen molar-refractivity contribution in [1.82, 2.24) is 10.2 Å². The minimum Gasteiger partial charge on any atom is -0.382 e. The van der Waals surface area contributed by atoms with Crippen LogP contribution in [0.25, 0.3) is 0 Å². The quantitative estimate of drug-likeness (QED) is 0.664. The SMILES string of the molecule is NC1CC(N2C(=O)c3cccc(NC4CCC4)c3C2=O)C(=O)NC1=O. The Hall–Kier alpha value is -2.74. The molecule has 2 fully saturated rings. The highest BCUT2D eigenvalue weighted by Gasteiger charge is 2.47. The smallest absolute Gasteiger partial charge is 0.264 e. The van der Waals surface area contributed by atoms with E-state index in [2.05, 4.69) is 10.6 Å². The van der Waals surface area contributed by atoms with Gasteiger partial charge in [-0.3, -0.25) is 29.4 Å². The molecule has 0 radical (unpaired) electrons. The molecule has 1 aromatic rings. The summed E-state index contributed by atoms with van der Waals surface area (Å²) in [5.74, 6) is -2.32. The van der Waals surface area contributed by atoms with E-state index in [4.69, 9.17) is 5.73 Å². The Morgan fingerprint density at radius 2 is 1.84 bits per heavy atom. The van der Waals surface area contributed by atoms with Crippen LogP contribution >= 0.6 is 0 Å². The topological polar surface area (TPSA) is 122 Å². The summed E-state index contributed by atoms with van der Waals surface area (Å²) in [7, 11) is 0. The number of rotatable bonds is 3. The molecule has 0 bridgehead atoms. The molecular weight excluding hydrogens is 324 g/mol. The molecule has 1 saturated carbocycles. The number of piperidine rings is 1. The zero-order valence-electron chi connectivity index (χ0n) is 13.5. The predicted molar refractivity (Wildman–Crippen MR) is 87.7 cm³/mol. The lowest BCUT2D eigenvalue weighted by molar-refractivity contribution is -0.137. The van der Waals surface area contributed by atoms with E-state index in [-0.39, 0.29) is 17.5 Å². The van der Waals surface area contributed by atoms with E-state index in [0.717, 1.165) is 24.2 Å². The number of fused-ring (bicyclic) bond motifs is 1. The van der Waals surface area contributed by atoms with Gasteiger partial charge in [0.1, 0.15) is 6.04 Å². The molecular formula is C17H18N4O4. The first-order valence-corrected chi connectivity index (χ1v) is 8.35. The predicted octanol–water partition coefficient (Wildman–Crippen LogP) is -0.0106. The molecule has 8 nitrogen and oxygen atoms in total. The molecule has 1 aromatic carbocycles. The Morgan fingerprint density at radius 3 is 2.52 bits per heavy atom. The maximum Gasteiger partial charge on any atom is 0.264 e. The number of imide groups is 2. The van der Waals surface area contributed by atoms with Crippen molar-refractivity contribution in [3.05, 3.63) is 29.3 Å². The van der Waals surface area contributed by atoms with Crippen LogP contribution in [0.5, 0.6) is 0 Å². The molecule has 25 heavy (non-hydrogen) atoms. The summed E-state index contributed by atoms with van der Waals surface area (Å²) in [6.07, 6.45) is 3.12. The monoisotopic (exact) mass is 342 g/mol. The molecule has 2 atom stereocenters. The lowest BCUT2D eigenvalue weighted by atomic mass is 9.92. The molecule has 3 aliphatic rings. The third kappa shape index (κ3) is 2.41. The van der Waals surface area contributed by atoms with Gasteiger partial charge in [-0.2, -0.15) is 0 Å². The highest BCUT2D eigenvalue weighted by atomic mass is 16.2. The van der Waals surface area contributed by atoms with Crippen molar-refractivity contribution in [2.45, 2.75) is 43.8 Å². The second kappa shape index (κ2) is 5.66. The van der Waals surface area contributed by atoms with Gasteiger partial charge in [0, 0.05) is 18.2 Å². The summed E-state index contributed by atoms with van der Waals surface area (Å²) >= 11 is 0. The van der Waals surface area contributed by atoms with Crippen LogP contribution in [-0.4, -0.2) is 46.7 Å². The highest BCUT2D eigenvalue weighted by Crippen LogP contribution is 2.34. The van der Waals surface area contributed by atoms with Gasteiger partial charge in [-0.1, -0.05) is 6.07 Å². The van der Waals surface area contributed by atoms with E-state index in [0.29, 0.717) is 11.7 Å². The number of amides is 4. The number of carbonyl (C=O) groups is 4. The van der Waals surface area contributed by atoms with E-state index >= 15 is 0 Å². The standard InChI is InChI=1S/C17H18N4O4/c18-10-7-12(15(23)20-14(10)22)21-16(24)9-5-2-6-11(13(9)17(21)25)19-8-3-1-4-8/h2,5-6,8,10,12,19H,1,3-4,7,18H2,(H,20,22,23). The Bertz CT molecular complexity index is 802. The third-order valence-electron chi connectivity index (χ3n) is 5.09. The van der Waals surface area contributed by atoms with Crippen LogP contribution in [0, 0.1) is 0 Å². The van der Waals surface area contributed by atoms with Gasteiger partial charge in [-0.05, 0) is 31.4 Å². The number of nitrogens with one attached hydrogen (secondary N) is 2. The first kappa shape index (κ1) is 15.8. The van der Waals surface area contributed by atoms with Crippen LogP contribution in [-0.2, 0) is 9.59 Å². The molecule has 8 heteroatoms. The van der Waals surface area contributed by atoms with Crippen LogP contribution in [0.1, 0.15) is 46.4 Å². The third-order valence-corrected chi connectivity index (χ3v) is 5.09. The molecule has 2 unspecified atom stereocenters. The summed E-state index contributed by atoms with van der Waals surface area (Å²) < 4.78 is 0. The van der Waals surface area contributed by atoms with Gasteiger partial charge in [0.25, 0.3) is 11.8 Å². The minimum absolute atomic E-state index is 0.0679. The number of hydrogen-bond donors (Lipinski definition) is 3. The Kier molecular flexibility index (Phi) is 3.57. The van der Waals surface area contributed by atoms with Gasteiger partial charge >= 0.3 is 0 Å². The highest BCUT2D eigenvalue weighted by molar-refractivity contribution is 6.25. The lowest BCUT2D eigenvalue weighted by Gasteiger charge is -2.31. The maximum atomic E-state index is 12.9. The molecule has 4 rings (SSSR count). The average Bonchev–Trinajstić information content (AvgIpc) is 2.79. The summed E-state index contributed by atoms with van der Waals surface area (Å²) in [5.41, 5.74) is 6.86. The second-order valence-electron chi connectivity index (χ2n) is 6.69. The van der Waals surface area contributed by atoms with Crippen molar-refractivity contribution in [3.8, 4) is 0 Å². The maximum absolute atomic E-state index is 12.9. The van der Waals surface area contributed by atoms with Gasteiger partial charge in [-0.25, -0.2) is 0 Å². The molecule has 4 amide bonds. The number of nitrogens with zero attached hydrogens (tertiary/aromatic N) is 1. The molecule has 130 valence electrons. The van der Waals surface area contributed by atoms with Crippen LogP contribution in [0.3, 0.4) is 0 Å². The fraction of sp³-hybridized carbons (Fsp3) is 0.412. The largest absolute Gasteiger partial charge is 0.382 e. The average molecular weight is 342 g/mol. The van der Waals surface area contributed by atoms with Crippen molar-refractivity contribution in [2.75, 3.05) is 5.32 Å². The number of nitrogens with two attached hydrogens (primary N) is 1. The van der Waals surface area contributed by atoms with Gasteiger partial charge in [-0.15, -0.1) is 0 Å². The Morgan fingerprint density at radius 1 is 1.08 bits per heavy atom. The molecule has 0 spiro atoms. The first-order valence-electron chi connectivity index (χ1n) is 8.35. The molecule has 4 N–H and O–H groups in total. The minimum atomic E-state index is -1.07. The lowest BCUT2D eigenvalue weighted by Crippen LogP contribution is -2.61.